The maximum Gasteiger partial charge on any atom is 0.453 e. The Morgan fingerprint density at radius 2 is 1.88 bits per heavy atom. The Kier molecular flexibility index (Phi) is 3.86. The van der Waals surface area contributed by atoms with E-state index in [1.807, 2.05) is 18.2 Å². The molecule has 0 aliphatic heterocycles. The van der Waals surface area contributed by atoms with Gasteiger partial charge in [-0.3, -0.25) is 0 Å². The van der Waals surface area contributed by atoms with E-state index < -0.39 is 12.0 Å². The van der Waals surface area contributed by atoms with Crippen molar-refractivity contribution >= 4 is 11.6 Å². The predicted octanol–water partition coefficient (Wildman–Crippen LogP) is 3.99. The highest BCUT2D eigenvalue weighted by Gasteiger charge is 2.39. The molecule has 0 bridgehead atoms. The molecule has 1 aliphatic carbocycles. The molecule has 0 spiro atoms. The number of aromatic nitrogens is 4. The molecule has 5 nitrogen and oxygen atoms in total. The van der Waals surface area contributed by atoms with Crippen molar-refractivity contribution in [1.82, 2.24) is 19.6 Å². The molecule has 8 heteroatoms. The van der Waals surface area contributed by atoms with Crippen molar-refractivity contribution < 1.29 is 13.2 Å². The first-order valence-corrected chi connectivity index (χ1v) is 8.48. The van der Waals surface area contributed by atoms with Crippen LogP contribution in [0, 0.1) is 6.92 Å². The van der Waals surface area contributed by atoms with Gasteiger partial charge in [0.1, 0.15) is 5.82 Å². The normalized spacial score (nSPS) is 16.5. The largest absolute Gasteiger partial charge is 0.453 e. The van der Waals surface area contributed by atoms with Crippen LogP contribution in [0.1, 0.15) is 36.3 Å². The van der Waals surface area contributed by atoms with E-state index in [2.05, 4.69) is 32.5 Å². The van der Waals surface area contributed by atoms with Crippen molar-refractivity contribution in [3.63, 3.8) is 0 Å². The number of fused-ring (bicyclic) bond motifs is 1. The van der Waals surface area contributed by atoms with Gasteiger partial charge in [-0.25, -0.2) is 4.98 Å². The topological polar surface area (TPSA) is 55.1 Å². The van der Waals surface area contributed by atoms with Gasteiger partial charge >= 0.3 is 6.18 Å². The second-order valence-electron chi connectivity index (χ2n) is 6.78. The van der Waals surface area contributed by atoms with Gasteiger partial charge in [-0.15, -0.1) is 5.10 Å². The minimum Gasteiger partial charge on any atom is -0.369 e. The molecule has 2 heterocycles. The third kappa shape index (κ3) is 2.89. The van der Waals surface area contributed by atoms with Gasteiger partial charge in [-0.05, 0) is 25.3 Å². The number of anilines is 1. The summed E-state index contributed by atoms with van der Waals surface area (Å²) < 4.78 is 39.9. The van der Waals surface area contributed by atoms with Crippen molar-refractivity contribution in [2.24, 2.45) is 0 Å². The third-order valence-electron chi connectivity index (χ3n) is 5.00. The van der Waals surface area contributed by atoms with Crippen LogP contribution in [0.5, 0.6) is 0 Å². The van der Waals surface area contributed by atoms with Crippen LogP contribution in [0.2, 0.25) is 0 Å². The molecule has 0 radical (unpaired) electrons. The van der Waals surface area contributed by atoms with Gasteiger partial charge in [0.05, 0.1) is 0 Å². The van der Waals surface area contributed by atoms with Crippen molar-refractivity contribution in [3.05, 3.63) is 53.5 Å². The van der Waals surface area contributed by atoms with Crippen LogP contribution in [0.3, 0.4) is 0 Å². The Morgan fingerprint density at radius 1 is 1.15 bits per heavy atom. The van der Waals surface area contributed by atoms with Gasteiger partial charge in [0.2, 0.25) is 0 Å². The zero-order chi connectivity index (χ0) is 18.4. The third-order valence-corrected chi connectivity index (χ3v) is 5.00. The lowest BCUT2D eigenvalue weighted by Gasteiger charge is -2.42. The van der Waals surface area contributed by atoms with Crippen LogP contribution in [0.15, 0.2) is 36.4 Å². The fourth-order valence-corrected chi connectivity index (χ4v) is 3.46. The molecule has 0 amide bonds. The number of alkyl halides is 3. The number of benzene rings is 1. The second-order valence-corrected chi connectivity index (χ2v) is 6.78. The maximum absolute atomic E-state index is 12.9. The molecule has 1 aliphatic rings. The van der Waals surface area contributed by atoms with Gasteiger partial charge in [-0.2, -0.15) is 22.7 Å². The Hall–Kier alpha value is -2.64. The first kappa shape index (κ1) is 16.8. The number of nitrogens with one attached hydrogen (secondary N) is 1. The monoisotopic (exact) mass is 361 g/mol. The summed E-state index contributed by atoms with van der Waals surface area (Å²) >= 11 is 0. The highest BCUT2D eigenvalue weighted by atomic mass is 19.4. The van der Waals surface area contributed by atoms with E-state index in [4.69, 9.17) is 0 Å². The van der Waals surface area contributed by atoms with E-state index in [1.165, 1.54) is 5.56 Å². The summed E-state index contributed by atoms with van der Waals surface area (Å²) in [6, 6.07) is 11.9. The van der Waals surface area contributed by atoms with Gasteiger partial charge < -0.3 is 5.32 Å². The molecule has 3 aromatic rings. The van der Waals surface area contributed by atoms with E-state index in [1.54, 1.807) is 13.0 Å². The molecule has 26 heavy (non-hydrogen) atoms. The molecule has 1 aromatic carbocycles. The Labute approximate surface area is 148 Å². The number of aryl methyl sites for hydroxylation is 1. The molecule has 0 unspecified atom stereocenters. The first-order valence-electron chi connectivity index (χ1n) is 8.48. The Balaban J connectivity index is 1.66. The van der Waals surface area contributed by atoms with Gasteiger partial charge in [0, 0.05) is 23.7 Å². The van der Waals surface area contributed by atoms with Crippen LogP contribution in [-0.2, 0) is 11.6 Å². The quantitative estimate of drug-likeness (QED) is 0.764. The van der Waals surface area contributed by atoms with E-state index in [-0.39, 0.29) is 11.2 Å². The average Bonchev–Trinajstić information content (AvgIpc) is 2.99. The van der Waals surface area contributed by atoms with Gasteiger partial charge in [0.15, 0.2) is 0 Å². The lowest BCUT2D eigenvalue weighted by atomic mass is 9.64. The number of halogens is 3. The van der Waals surface area contributed by atoms with Crippen molar-refractivity contribution in [2.75, 3.05) is 11.9 Å². The molecule has 1 N–H and O–H groups in total. The fraction of sp³-hybridized carbons (Fsp3) is 0.389. The molecule has 0 saturated heterocycles. The fourth-order valence-electron chi connectivity index (χ4n) is 3.46. The molecule has 136 valence electrons. The van der Waals surface area contributed by atoms with Crippen LogP contribution < -0.4 is 5.32 Å². The van der Waals surface area contributed by atoms with Crippen LogP contribution in [-0.4, -0.2) is 26.1 Å². The van der Waals surface area contributed by atoms with E-state index in [0.717, 1.165) is 23.8 Å². The van der Waals surface area contributed by atoms with Gasteiger partial charge in [0.25, 0.3) is 11.6 Å². The summed E-state index contributed by atoms with van der Waals surface area (Å²) in [5, 5.41) is 6.89. The minimum atomic E-state index is -4.60. The zero-order valence-electron chi connectivity index (χ0n) is 14.2. The lowest BCUT2D eigenvalue weighted by molar-refractivity contribution is -0.144. The lowest BCUT2D eigenvalue weighted by Crippen LogP contribution is -2.41. The van der Waals surface area contributed by atoms with Crippen molar-refractivity contribution in [3.8, 4) is 0 Å². The second kappa shape index (κ2) is 5.96. The molecular formula is C18H18F3N5. The maximum atomic E-state index is 12.9. The first-order chi connectivity index (χ1) is 12.4. The summed E-state index contributed by atoms with van der Waals surface area (Å²) in [7, 11) is 0. The molecule has 4 rings (SSSR count). The van der Waals surface area contributed by atoms with Crippen LogP contribution in [0.25, 0.3) is 5.78 Å². The summed E-state index contributed by atoms with van der Waals surface area (Å²) in [4.78, 5) is 7.57. The Bertz CT molecular complexity index is 929. The van der Waals surface area contributed by atoms with E-state index in [0.29, 0.717) is 18.1 Å². The van der Waals surface area contributed by atoms with Gasteiger partial charge in [-0.1, -0.05) is 36.8 Å². The van der Waals surface area contributed by atoms with Crippen LogP contribution >= 0.6 is 0 Å². The standard InChI is InChI=1S/C18H18F3N5/c1-12-10-14(26-16(23-12)24-15(25-26)18(19,20)21)22-11-17(8-5-9-17)13-6-3-2-4-7-13/h2-4,6-7,10,22H,5,8-9,11H2,1H3. The van der Waals surface area contributed by atoms with Crippen LogP contribution in [0.4, 0.5) is 19.0 Å². The number of nitrogens with zero attached hydrogens (tertiary/aromatic N) is 4. The molecule has 1 saturated carbocycles. The number of rotatable bonds is 4. The molecule has 1 fully saturated rings. The summed E-state index contributed by atoms with van der Waals surface area (Å²) in [6.45, 7) is 2.35. The summed E-state index contributed by atoms with van der Waals surface area (Å²) in [5.74, 6) is -0.764. The SMILES string of the molecule is Cc1cc(NCC2(c3ccccc3)CCC2)n2nc(C(F)(F)F)nc2n1. The predicted molar refractivity (Wildman–Crippen MR) is 91.0 cm³/mol. The van der Waals surface area contributed by atoms with Crippen molar-refractivity contribution in [2.45, 2.75) is 37.8 Å². The Morgan fingerprint density at radius 3 is 2.50 bits per heavy atom. The highest BCUT2D eigenvalue weighted by Crippen LogP contribution is 2.43. The van der Waals surface area contributed by atoms with E-state index >= 15 is 0 Å². The smallest absolute Gasteiger partial charge is 0.369 e. The molecule has 2 aromatic heterocycles. The average molecular weight is 361 g/mol. The molecule has 0 atom stereocenters. The zero-order valence-corrected chi connectivity index (χ0v) is 14.2. The van der Waals surface area contributed by atoms with E-state index in [9.17, 15) is 13.2 Å². The summed E-state index contributed by atoms with van der Waals surface area (Å²) in [5.41, 5.74) is 1.83. The molecular weight excluding hydrogens is 343 g/mol. The number of hydrogen-bond donors (Lipinski definition) is 1. The number of hydrogen-bond acceptors (Lipinski definition) is 4. The summed E-state index contributed by atoms with van der Waals surface area (Å²) in [6.07, 6.45) is -1.37. The van der Waals surface area contributed by atoms with Crippen molar-refractivity contribution in [1.29, 1.82) is 0 Å². The highest BCUT2D eigenvalue weighted by molar-refractivity contribution is 5.46. The minimum absolute atomic E-state index is 0.00179.